The molecule has 0 saturated carbocycles. The molecule has 4 rings (SSSR count). The summed E-state index contributed by atoms with van der Waals surface area (Å²) < 4.78 is 0. The molecular formula is C22H23N5O2. The molecule has 3 N–H and O–H groups in total. The zero-order valence-electron chi connectivity index (χ0n) is 16.2. The Kier molecular flexibility index (Phi) is 5.10. The second-order valence-electron chi connectivity index (χ2n) is 7.16. The minimum atomic E-state index is -0.315. The number of benzene rings is 2. The predicted octanol–water partition coefficient (Wildman–Crippen LogP) is 3.27. The van der Waals surface area contributed by atoms with Crippen molar-refractivity contribution in [2.24, 2.45) is 0 Å². The summed E-state index contributed by atoms with van der Waals surface area (Å²) in [6, 6.07) is 16.6. The zero-order chi connectivity index (χ0) is 20.4. The molecule has 29 heavy (non-hydrogen) atoms. The van der Waals surface area contributed by atoms with Gasteiger partial charge in [0.25, 0.3) is 0 Å². The molecule has 0 spiro atoms. The zero-order valence-corrected chi connectivity index (χ0v) is 16.2. The molecule has 1 aromatic heterocycles. The van der Waals surface area contributed by atoms with Crippen LogP contribution in [0.5, 0.6) is 5.75 Å². The number of rotatable bonds is 4. The Bertz CT molecular complexity index is 1060. The van der Waals surface area contributed by atoms with Crippen LogP contribution in [0.15, 0.2) is 54.3 Å². The minimum Gasteiger partial charge on any atom is -0.509 e. The van der Waals surface area contributed by atoms with Gasteiger partial charge in [-0.3, -0.25) is 4.90 Å². The Hall–Kier alpha value is -3.50. The SMILES string of the molecule is C[C@@H](/C(O)=C(\C#N)c1nc2ccccc2[nH]1)N1CCN(c2ccccc2O)CC1. The largest absolute Gasteiger partial charge is 0.509 e. The molecule has 0 amide bonds. The van der Waals surface area contributed by atoms with E-state index in [1.807, 2.05) is 49.4 Å². The second kappa shape index (κ2) is 7.86. The lowest BCUT2D eigenvalue weighted by Gasteiger charge is -2.39. The first-order valence-electron chi connectivity index (χ1n) is 9.64. The topological polar surface area (TPSA) is 99.4 Å². The number of anilines is 1. The Morgan fingerprint density at radius 2 is 1.79 bits per heavy atom. The Morgan fingerprint density at radius 3 is 2.48 bits per heavy atom. The fraction of sp³-hybridized carbons (Fsp3) is 0.273. The van der Waals surface area contributed by atoms with Gasteiger partial charge in [-0.25, -0.2) is 4.98 Å². The van der Waals surface area contributed by atoms with Crippen molar-refractivity contribution in [3.63, 3.8) is 0 Å². The van der Waals surface area contributed by atoms with E-state index < -0.39 is 0 Å². The number of aromatic nitrogens is 2. The van der Waals surface area contributed by atoms with E-state index in [1.165, 1.54) is 0 Å². The van der Waals surface area contributed by atoms with Gasteiger partial charge >= 0.3 is 0 Å². The number of imidazole rings is 1. The lowest BCUT2D eigenvalue weighted by Crippen LogP contribution is -2.50. The molecule has 7 nitrogen and oxygen atoms in total. The van der Waals surface area contributed by atoms with Crippen LogP contribution in [-0.2, 0) is 0 Å². The molecule has 1 fully saturated rings. The fourth-order valence-corrected chi connectivity index (χ4v) is 3.77. The van der Waals surface area contributed by atoms with E-state index in [-0.39, 0.29) is 23.1 Å². The minimum absolute atomic E-state index is 0.0163. The summed E-state index contributed by atoms with van der Waals surface area (Å²) in [4.78, 5) is 11.8. The average molecular weight is 389 g/mol. The summed E-state index contributed by atoms with van der Waals surface area (Å²) in [6.45, 7) is 4.76. The molecule has 2 heterocycles. The van der Waals surface area contributed by atoms with Gasteiger partial charge in [0.05, 0.1) is 22.8 Å². The van der Waals surface area contributed by atoms with E-state index in [0.717, 1.165) is 29.8 Å². The Labute approximate surface area is 169 Å². The molecule has 1 aliphatic heterocycles. The van der Waals surface area contributed by atoms with E-state index in [2.05, 4.69) is 25.8 Å². The molecule has 0 radical (unpaired) electrons. The van der Waals surface area contributed by atoms with Crippen molar-refractivity contribution in [1.82, 2.24) is 14.9 Å². The highest BCUT2D eigenvalue weighted by molar-refractivity contribution is 5.83. The molecule has 3 aromatic rings. The van der Waals surface area contributed by atoms with E-state index in [0.29, 0.717) is 18.9 Å². The first-order valence-corrected chi connectivity index (χ1v) is 9.64. The van der Waals surface area contributed by atoms with Crippen LogP contribution in [0.25, 0.3) is 16.6 Å². The first-order chi connectivity index (χ1) is 14.1. The highest BCUT2D eigenvalue weighted by Gasteiger charge is 2.27. The number of nitrogens with zero attached hydrogens (tertiary/aromatic N) is 4. The van der Waals surface area contributed by atoms with Crippen LogP contribution >= 0.6 is 0 Å². The number of aliphatic hydroxyl groups excluding tert-OH is 1. The second-order valence-corrected chi connectivity index (χ2v) is 7.16. The van der Waals surface area contributed by atoms with E-state index in [1.54, 1.807) is 6.07 Å². The number of phenolic OH excluding ortho intramolecular Hbond substituents is 1. The number of nitrogens with one attached hydrogen (secondary N) is 1. The van der Waals surface area contributed by atoms with Crippen LogP contribution < -0.4 is 4.90 Å². The maximum Gasteiger partial charge on any atom is 0.152 e. The van der Waals surface area contributed by atoms with Gasteiger partial charge in [0, 0.05) is 26.2 Å². The third kappa shape index (κ3) is 3.62. The van der Waals surface area contributed by atoms with Gasteiger partial charge in [0.1, 0.15) is 23.2 Å². The quantitative estimate of drug-likeness (QED) is 0.468. The number of phenols is 1. The van der Waals surface area contributed by atoms with Gasteiger partial charge in [0.15, 0.2) is 5.82 Å². The monoisotopic (exact) mass is 389 g/mol. The summed E-state index contributed by atoms with van der Waals surface area (Å²) >= 11 is 0. The molecule has 1 atom stereocenters. The number of aliphatic hydroxyl groups is 1. The van der Waals surface area contributed by atoms with Gasteiger partial charge in [0.2, 0.25) is 0 Å². The van der Waals surface area contributed by atoms with Gasteiger partial charge < -0.3 is 20.1 Å². The fourth-order valence-electron chi connectivity index (χ4n) is 3.77. The first kappa shape index (κ1) is 18.8. The summed E-state index contributed by atoms with van der Waals surface area (Å²) in [5.41, 5.74) is 2.57. The molecule has 7 heteroatoms. The van der Waals surface area contributed by atoms with Crippen LogP contribution in [0.1, 0.15) is 12.7 Å². The Balaban J connectivity index is 1.52. The summed E-state index contributed by atoms with van der Waals surface area (Å²) in [5.74, 6) is 0.668. The van der Waals surface area contributed by atoms with Gasteiger partial charge in [-0.15, -0.1) is 0 Å². The molecule has 0 unspecified atom stereocenters. The third-order valence-electron chi connectivity index (χ3n) is 5.47. The molecule has 0 bridgehead atoms. The number of aromatic hydroxyl groups is 1. The summed E-state index contributed by atoms with van der Waals surface area (Å²) in [6.07, 6.45) is 0. The number of nitriles is 1. The maximum atomic E-state index is 10.8. The smallest absolute Gasteiger partial charge is 0.152 e. The number of aromatic amines is 1. The number of allylic oxidation sites excluding steroid dienone is 1. The molecule has 2 aromatic carbocycles. The van der Waals surface area contributed by atoms with Crippen molar-refractivity contribution in [2.75, 3.05) is 31.1 Å². The number of para-hydroxylation sites is 4. The van der Waals surface area contributed by atoms with Crippen LogP contribution in [0, 0.1) is 11.3 Å². The summed E-state index contributed by atoms with van der Waals surface area (Å²) in [7, 11) is 0. The van der Waals surface area contributed by atoms with Crippen LogP contribution in [-0.4, -0.2) is 57.3 Å². The highest BCUT2D eigenvalue weighted by Crippen LogP contribution is 2.28. The molecular weight excluding hydrogens is 366 g/mol. The van der Waals surface area contributed by atoms with Gasteiger partial charge in [-0.05, 0) is 31.2 Å². The van der Waals surface area contributed by atoms with Crippen molar-refractivity contribution in [3.05, 3.63) is 60.1 Å². The summed E-state index contributed by atoms with van der Waals surface area (Å²) in [5, 5.41) is 30.6. The van der Waals surface area contributed by atoms with E-state index in [4.69, 9.17) is 0 Å². The standard InChI is InChI=1S/C22H23N5O2/c1-15(26-10-12-27(13-11-26)19-8-4-5-9-20(19)28)21(29)16(14-23)22-24-17-6-2-3-7-18(17)25-22/h2-9,15,28-29H,10-13H2,1H3,(H,24,25)/b21-16-/t15-/m0/s1. The molecule has 0 aliphatic carbocycles. The normalized spacial score (nSPS) is 17.0. The number of piperazine rings is 1. The average Bonchev–Trinajstić information content (AvgIpc) is 3.18. The Morgan fingerprint density at radius 1 is 1.10 bits per heavy atom. The van der Waals surface area contributed by atoms with Crippen molar-refractivity contribution in [1.29, 1.82) is 5.26 Å². The van der Waals surface area contributed by atoms with E-state index in [9.17, 15) is 15.5 Å². The predicted molar refractivity (Wildman–Crippen MR) is 113 cm³/mol. The lowest BCUT2D eigenvalue weighted by atomic mass is 10.1. The third-order valence-corrected chi connectivity index (χ3v) is 5.47. The van der Waals surface area contributed by atoms with Crippen molar-refractivity contribution < 1.29 is 10.2 Å². The number of fused-ring (bicyclic) bond motifs is 1. The van der Waals surface area contributed by atoms with Crippen molar-refractivity contribution >= 4 is 22.3 Å². The number of hydrogen-bond donors (Lipinski definition) is 3. The van der Waals surface area contributed by atoms with Crippen molar-refractivity contribution in [3.8, 4) is 11.8 Å². The van der Waals surface area contributed by atoms with Crippen LogP contribution in [0.2, 0.25) is 0 Å². The number of H-pyrrole nitrogens is 1. The van der Waals surface area contributed by atoms with Crippen molar-refractivity contribution in [2.45, 2.75) is 13.0 Å². The lowest BCUT2D eigenvalue weighted by molar-refractivity contribution is 0.178. The van der Waals surface area contributed by atoms with Crippen LogP contribution in [0.3, 0.4) is 0 Å². The van der Waals surface area contributed by atoms with Gasteiger partial charge in [-0.1, -0.05) is 24.3 Å². The van der Waals surface area contributed by atoms with E-state index >= 15 is 0 Å². The maximum absolute atomic E-state index is 10.8. The molecule has 148 valence electrons. The highest BCUT2D eigenvalue weighted by atomic mass is 16.3. The molecule has 1 aliphatic rings. The van der Waals surface area contributed by atoms with Gasteiger partial charge in [-0.2, -0.15) is 5.26 Å². The van der Waals surface area contributed by atoms with Crippen LogP contribution in [0.4, 0.5) is 5.69 Å². The molecule has 1 saturated heterocycles. The number of hydrogen-bond acceptors (Lipinski definition) is 6.